The lowest BCUT2D eigenvalue weighted by Crippen LogP contribution is -1.98. The van der Waals surface area contributed by atoms with Gasteiger partial charge < -0.3 is 10.3 Å². The first kappa shape index (κ1) is 11.4. The number of fused-ring (bicyclic) bond motifs is 1. The zero-order valence-corrected chi connectivity index (χ0v) is 11.6. The van der Waals surface area contributed by atoms with E-state index < -0.39 is 0 Å². The number of halogens is 1. The molecule has 3 rings (SSSR count). The molecule has 0 aliphatic heterocycles. The van der Waals surface area contributed by atoms with Gasteiger partial charge in [-0.2, -0.15) is 0 Å². The second kappa shape index (κ2) is 4.18. The molecule has 1 aromatic heterocycles. The van der Waals surface area contributed by atoms with E-state index in [4.69, 9.17) is 5.73 Å². The van der Waals surface area contributed by atoms with E-state index in [0.717, 1.165) is 15.8 Å². The highest BCUT2D eigenvalue weighted by Crippen LogP contribution is 2.28. The normalized spacial score (nSPS) is 11.0. The van der Waals surface area contributed by atoms with Gasteiger partial charge in [0, 0.05) is 16.1 Å². The number of hydrogen-bond acceptors (Lipinski definition) is 1. The predicted molar refractivity (Wildman–Crippen MR) is 80.1 cm³/mol. The molecule has 0 aliphatic rings. The van der Waals surface area contributed by atoms with Crippen molar-refractivity contribution in [2.24, 2.45) is 0 Å². The SMILES string of the molecule is Cc1cn(-c2cc(Br)ccc2N)c2ccccc12. The Labute approximate surface area is 114 Å². The number of hydrogen-bond donors (Lipinski definition) is 1. The number of anilines is 1. The molecule has 0 saturated carbocycles. The lowest BCUT2D eigenvalue weighted by molar-refractivity contribution is 1.12. The highest BCUT2D eigenvalue weighted by molar-refractivity contribution is 9.10. The smallest absolute Gasteiger partial charge is 0.0697 e. The van der Waals surface area contributed by atoms with Crippen LogP contribution in [0.3, 0.4) is 0 Å². The van der Waals surface area contributed by atoms with Gasteiger partial charge in [0.25, 0.3) is 0 Å². The standard InChI is InChI=1S/C15H13BrN2/c1-10-9-18(14-5-3-2-4-12(10)14)15-8-11(16)6-7-13(15)17/h2-9H,17H2,1H3. The highest BCUT2D eigenvalue weighted by Gasteiger charge is 2.09. The van der Waals surface area contributed by atoms with Crippen LogP contribution in [-0.2, 0) is 0 Å². The third kappa shape index (κ3) is 1.71. The molecule has 0 bridgehead atoms. The van der Waals surface area contributed by atoms with Crippen LogP contribution < -0.4 is 5.73 Å². The maximum absolute atomic E-state index is 6.08. The van der Waals surface area contributed by atoms with Crippen molar-refractivity contribution in [3.05, 3.63) is 58.7 Å². The van der Waals surface area contributed by atoms with Crippen LogP contribution >= 0.6 is 15.9 Å². The van der Waals surface area contributed by atoms with E-state index in [1.54, 1.807) is 0 Å². The second-order valence-corrected chi connectivity index (χ2v) is 5.32. The molecular formula is C15H13BrN2. The van der Waals surface area contributed by atoms with E-state index >= 15 is 0 Å². The van der Waals surface area contributed by atoms with Crippen molar-refractivity contribution in [1.82, 2.24) is 4.57 Å². The summed E-state index contributed by atoms with van der Waals surface area (Å²) in [5.74, 6) is 0. The molecule has 0 saturated heterocycles. The minimum atomic E-state index is 0.777. The van der Waals surface area contributed by atoms with E-state index in [-0.39, 0.29) is 0 Å². The summed E-state index contributed by atoms with van der Waals surface area (Å²) < 4.78 is 3.17. The predicted octanol–water partition coefficient (Wildman–Crippen LogP) is 4.28. The molecular weight excluding hydrogens is 288 g/mol. The van der Waals surface area contributed by atoms with Crippen LogP contribution in [0.4, 0.5) is 5.69 Å². The summed E-state index contributed by atoms with van der Waals surface area (Å²) in [5.41, 5.74) is 10.3. The third-order valence-corrected chi connectivity index (χ3v) is 3.66. The van der Waals surface area contributed by atoms with Gasteiger partial charge in [-0.3, -0.25) is 0 Å². The van der Waals surface area contributed by atoms with Gasteiger partial charge in [-0.15, -0.1) is 0 Å². The Bertz CT molecular complexity index is 728. The van der Waals surface area contributed by atoms with Crippen molar-refractivity contribution in [2.45, 2.75) is 6.92 Å². The van der Waals surface area contributed by atoms with Crippen LogP contribution in [-0.4, -0.2) is 4.57 Å². The van der Waals surface area contributed by atoms with Crippen molar-refractivity contribution < 1.29 is 0 Å². The first-order valence-electron chi connectivity index (χ1n) is 5.79. The largest absolute Gasteiger partial charge is 0.397 e. The molecule has 0 unspecified atom stereocenters. The van der Waals surface area contributed by atoms with E-state index in [9.17, 15) is 0 Å². The Balaban J connectivity index is 2.35. The Morgan fingerprint density at radius 1 is 1.11 bits per heavy atom. The average Bonchev–Trinajstić information content (AvgIpc) is 2.71. The molecule has 0 amide bonds. The maximum Gasteiger partial charge on any atom is 0.0697 e. The van der Waals surface area contributed by atoms with Crippen LogP contribution in [0.25, 0.3) is 16.6 Å². The maximum atomic E-state index is 6.08. The van der Waals surface area contributed by atoms with Crippen LogP contribution in [0.5, 0.6) is 0 Å². The molecule has 1 heterocycles. The van der Waals surface area contributed by atoms with Crippen LogP contribution in [0, 0.1) is 6.92 Å². The number of aryl methyl sites for hydroxylation is 1. The van der Waals surface area contributed by atoms with Crippen molar-refractivity contribution >= 4 is 32.5 Å². The number of aromatic nitrogens is 1. The number of para-hydroxylation sites is 1. The second-order valence-electron chi connectivity index (χ2n) is 4.40. The fourth-order valence-electron chi connectivity index (χ4n) is 2.27. The number of nitrogens with two attached hydrogens (primary N) is 1. The van der Waals surface area contributed by atoms with Crippen molar-refractivity contribution in [1.29, 1.82) is 0 Å². The summed E-state index contributed by atoms with van der Waals surface area (Å²) in [4.78, 5) is 0. The monoisotopic (exact) mass is 300 g/mol. The summed E-state index contributed by atoms with van der Waals surface area (Å²) in [5, 5.41) is 1.26. The molecule has 2 aromatic carbocycles. The van der Waals surface area contributed by atoms with Gasteiger partial charge in [0.15, 0.2) is 0 Å². The van der Waals surface area contributed by atoms with E-state index in [1.165, 1.54) is 16.5 Å². The van der Waals surface area contributed by atoms with Gasteiger partial charge in [0.2, 0.25) is 0 Å². The fourth-order valence-corrected chi connectivity index (χ4v) is 2.62. The van der Waals surface area contributed by atoms with E-state index in [0.29, 0.717) is 0 Å². The van der Waals surface area contributed by atoms with Crippen LogP contribution in [0.1, 0.15) is 5.56 Å². The lowest BCUT2D eigenvalue weighted by atomic mass is 10.2. The van der Waals surface area contributed by atoms with E-state index in [1.807, 2.05) is 24.3 Å². The molecule has 0 atom stereocenters. The number of benzene rings is 2. The van der Waals surface area contributed by atoms with Crippen molar-refractivity contribution in [3.63, 3.8) is 0 Å². The average molecular weight is 301 g/mol. The summed E-state index contributed by atoms with van der Waals surface area (Å²) in [7, 11) is 0. The van der Waals surface area contributed by atoms with Gasteiger partial charge in [0.05, 0.1) is 16.9 Å². The lowest BCUT2D eigenvalue weighted by Gasteiger charge is -2.09. The molecule has 3 aromatic rings. The highest BCUT2D eigenvalue weighted by atomic mass is 79.9. The summed E-state index contributed by atoms with van der Waals surface area (Å²) in [6.07, 6.45) is 2.13. The topological polar surface area (TPSA) is 30.9 Å². The first-order valence-corrected chi connectivity index (χ1v) is 6.58. The molecule has 90 valence electrons. The number of nitrogen functional groups attached to an aromatic ring is 1. The minimum absolute atomic E-state index is 0.777. The zero-order valence-electron chi connectivity index (χ0n) is 10.0. The molecule has 0 radical (unpaired) electrons. The Hall–Kier alpha value is -1.74. The third-order valence-electron chi connectivity index (χ3n) is 3.16. The number of nitrogens with zero attached hydrogens (tertiary/aromatic N) is 1. The Kier molecular flexibility index (Phi) is 2.63. The first-order chi connectivity index (χ1) is 8.66. The van der Waals surface area contributed by atoms with Crippen LogP contribution in [0.2, 0.25) is 0 Å². The van der Waals surface area contributed by atoms with Gasteiger partial charge in [-0.25, -0.2) is 0 Å². The van der Waals surface area contributed by atoms with Gasteiger partial charge in [0.1, 0.15) is 0 Å². The fraction of sp³-hybridized carbons (Fsp3) is 0.0667. The van der Waals surface area contributed by atoms with E-state index in [2.05, 4.69) is 51.8 Å². The molecule has 18 heavy (non-hydrogen) atoms. The van der Waals surface area contributed by atoms with Gasteiger partial charge >= 0.3 is 0 Å². The molecule has 0 fully saturated rings. The number of rotatable bonds is 1. The zero-order chi connectivity index (χ0) is 12.7. The minimum Gasteiger partial charge on any atom is -0.397 e. The summed E-state index contributed by atoms with van der Waals surface area (Å²) in [6.45, 7) is 2.12. The molecule has 2 N–H and O–H groups in total. The molecule has 0 aliphatic carbocycles. The summed E-state index contributed by atoms with van der Waals surface area (Å²) >= 11 is 3.50. The van der Waals surface area contributed by atoms with Crippen LogP contribution in [0.15, 0.2) is 53.1 Å². The molecule has 0 spiro atoms. The van der Waals surface area contributed by atoms with Gasteiger partial charge in [-0.1, -0.05) is 34.1 Å². The Morgan fingerprint density at radius 3 is 2.72 bits per heavy atom. The Morgan fingerprint density at radius 2 is 1.89 bits per heavy atom. The van der Waals surface area contributed by atoms with Gasteiger partial charge in [-0.05, 0) is 36.8 Å². The van der Waals surface area contributed by atoms with Crippen molar-refractivity contribution in [2.75, 3.05) is 5.73 Å². The summed E-state index contributed by atoms with van der Waals surface area (Å²) in [6, 6.07) is 14.3. The van der Waals surface area contributed by atoms with Crippen molar-refractivity contribution in [3.8, 4) is 5.69 Å². The quantitative estimate of drug-likeness (QED) is 0.668. The molecule has 2 nitrogen and oxygen atoms in total. The molecule has 3 heteroatoms.